The topological polar surface area (TPSA) is 39.1 Å². The Morgan fingerprint density at radius 3 is 2.38 bits per heavy atom. The van der Waals surface area contributed by atoms with Gasteiger partial charge in [-0.2, -0.15) is 0 Å². The van der Waals surface area contributed by atoms with Crippen LogP contribution in [0.25, 0.3) is 10.9 Å². The van der Waals surface area contributed by atoms with Gasteiger partial charge in [-0.25, -0.2) is 12.4 Å². The first-order valence-electron chi connectivity index (χ1n) is 6.96. The Kier molecular flexibility index (Phi) is 3.33. The van der Waals surface area contributed by atoms with Crippen molar-refractivity contribution in [1.29, 1.82) is 0 Å². The number of aryl methyl sites for hydroxylation is 2. The zero-order valence-corrected chi connectivity index (χ0v) is 12.9. The fourth-order valence-corrected chi connectivity index (χ4v) is 4.29. The highest BCUT2D eigenvalue weighted by Crippen LogP contribution is 2.27. The maximum atomic E-state index is 12.9. The molecule has 0 amide bonds. The summed E-state index contributed by atoms with van der Waals surface area (Å²) in [5.74, 6) is 0. The molecule has 108 valence electrons. The van der Waals surface area contributed by atoms with Crippen LogP contribution in [0.5, 0.6) is 0 Å². The van der Waals surface area contributed by atoms with Crippen LogP contribution < -0.4 is 0 Å². The Balaban J connectivity index is 2.34. The molecule has 0 aliphatic heterocycles. The molecule has 0 bridgehead atoms. The molecule has 2 aromatic carbocycles. The molecule has 3 nitrogen and oxygen atoms in total. The van der Waals surface area contributed by atoms with E-state index in [9.17, 15) is 8.42 Å². The van der Waals surface area contributed by atoms with E-state index < -0.39 is 10.0 Å². The lowest BCUT2D eigenvalue weighted by atomic mass is 10.1. The number of rotatable bonds is 3. The number of benzene rings is 2. The van der Waals surface area contributed by atoms with Crippen LogP contribution in [0.15, 0.2) is 59.5 Å². The van der Waals surface area contributed by atoms with Crippen LogP contribution in [0.4, 0.5) is 0 Å². The second-order valence-electron chi connectivity index (χ2n) is 5.07. The van der Waals surface area contributed by atoms with E-state index in [0.29, 0.717) is 4.90 Å². The van der Waals surface area contributed by atoms with Crippen LogP contribution in [0.3, 0.4) is 0 Å². The van der Waals surface area contributed by atoms with Crippen LogP contribution in [-0.2, 0) is 16.4 Å². The van der Waals surface area contributed by atoms with Crippen LogP contribution >= 0.6 is 0 Å². The molecular formula is C17H17NO2S. The smallest absolute Gasteiger partial charge is 0.238 e. The van der Waals surface area contributed by atoms with Crippen molar-refractivity contribution in [3.05, 3.63) is 65.9 Å². The molecule has 0 aliphatic rings. The highest BCUT2D eigenvalue weighted by Gasteiger charge is 2.21. The van der Waals surface area contributed by atoms with Crippen molar-refractivity contribution in [1.82, 2.24) is 3.97 Å². The molecule has 0 saturated heterocycles. The normalized spacial score (nSPS) is 11.9. The summed E-state index contributed by atoms with van der Waals surface area (Å²) in [6.45, 7) is 3.91. The lowest BCUT2D eigenvalue weighted by Gasteiger charge is -2.10. The fourth-order valence-electron chi connectivity index (χ4n) is 2.73. The van der Waals surface area contributed by atoms with E-state index in [4.69, 9.17) is 0 Å². The summed E-state index contributed by atoms with van der Waals surface area (Å²) in [7, 11) is -3.56. The molecule has 4 heteroatoms. The van der Waals surface area contributed by atoms with Gasteiger partial charge in [0.1, 0.15) is 0 Å². The van der Waals surface area contributed by atoms with Gasteiger partial charge in [0.15, 0.2) is 0 Å². The number of fused-ring (bicyclic) bond motifs is 1. The number of aromatic nitrogens is 1. The molecule has 0 N–H and O–H groups in total. The summed E-state index contributed by atoms with van der Waals surface area (Å²) in [4.78, 5) is 0.313. The van der Waals surface area contributed by atoms with Gasteiger partial charge in [-0.3, -0.25) is 0 Å². The quantitative estimate of drug-likeness (QED) is 0.739. The predicted octanol–water partition coefficient (Wildman–Crippen LogP) is 3.75. The zero-order valence-electron chi connectivity index (χ0n) is 12.1. The summed E-state index contributed by atoms with van der Waals surface area (Å²) < 4.78 is 27.2. The third-order valence-corrected chi connectivity index (χ3v) is 5.56. The molecule has 0 fully saturated rings. The summed E-state index contributed by atoms with van der Waals surface area (Å²) in [6.07, 6.45) is 0.881. The van der Waals surface area contributed by atoms with Gasteiger partial charge in [0.2, 0.25) is 0 Å². The van der Waals surface area contributed by atoms with Crippen molar-refractivity contribution in [2.24, 2.45) is 0 Å². The maximum absolute atomic E-state index is 12.9. The molecule has 3 aromatic rings. The number of hydrogen-bond acceptors (Lipinski definition) is 2. The Morgan fingerprint density at radius 1 is 1.00 bits per heavy atom. The molecule has 0 aliphatic carbocycles. The lowest BCUT2D eigenvalue weighted by Crippen LogP contribution is -2.14. The maximum Gasteiger partial charge on any atom is 0.268 e. The fraction of sp³-hybridized carbons (Fsp3) is 0.176. The van der Waals surface area contributed by atoms with Gasteiger partial charge in [0, 0.05) is 11.1 Å². The third-order valence-electron chi connectivity index (χ3n) is 3.73. The number of nitrogens with zero attached hydrogens (tertiary/aromatic N) is 1. The molecule has 3 rings (SSSR count). The van der Waals surface area contributed by atoms with Crippen molar-refractivity contribution in [2.75, 3.05) is 0 Å². The minimum Gasteiger partial charge on any atom is -0.238 e. The molecule has 0 radical (unpaired) electrons. The van der Waals surface area contributed by atoms with Crippen molar-refractivity contribution in [3.8, 4) is 0 Å². The molecule has 0 unspecified atom stereocenters. The minimum absolute atomic E-state index is 0.313. The van der Waals surface area contributed by atoms with Crippen molar-refractivity contribution >= 4 is 20.9 Å². The monoisotopic (exact) mass is 299 g/mol. The average molecular weight is 299 g/mol. The van der Waals surface area contributed by atoms with E-state index in [-0.39, 0.29) is 0 Å². The van der Waals surface area contributed by atoms with E-state index in [1.807, 2.05) is 37.3 Å². The van der Waals surface area contributed by atoms with E-state index in [1.54, 1.807) is 24.3 Å². The van der Waals surface area contributed by atoms with E-state index in [0.717, 1.165) is 28.6 Å². The van der Waals surface area contributed by atoms with Crippen LogP contribution in [0, 0.1) is 6.92 Å². The van der Waals surface area contributed by atoms with Gasteiger partial charge < -0.3 is 0 Å². The summed E-state index contributed by atoms with van der Waals surface area (Å²) in [6, 6.07) is 16.3. The molecule has 0 saturated carbocycles. The Hall–Kier alpha value is -2.07. The van der Waals surface area contributed by atoms with Crippen molar-refractivity contribution in [2.45, 2.75) is 25.2 Å². The van der Waals surface area contributed by atoms with E-state index >= 15 is 0 Å². The van der Waals surface area contributed by atoms with Gasteiger partial charge >= 0.3 is 0 Å². The third kappa shape index (κ3) is 2.16. The largest absolute Gasteiger partial charge is 0.268 e. The molecule has 0 spiro atoms. The van der Waals surface area contributed by atoms with E-state index in [2.05, 4.69) is 6.92 Å². The van der Waals surface area contributed by atoms with Crippen molar-refractivity contribution in [3.63, 3.8) is 0 Å². The predicted molar refractivity (Wildman–Crippen MR) is 85.1 cm³/mol. The SMILES string of the molecule is CCc1cccc2c1cc(C)n2S(=O)(=O)c1ccccc1. The number of hydrogen-bond donors (Lipinski definition) is 0. The van der Waals surface area contributed by atoms with Crippen LogP contribution in [0.2, 0.25) is 0 Å². The standard InChI is InChI=1S/C17H17NO2S/c1-3-14-8-7-11-17-16(14)12-13(2)18(17)21(19,20)15-9-5-4-6-10-15/h4-12H,3H2,1-2H3. The molecule has 0 atom stereocenters. The average Bonchev–Trinajstić information content (AvgIpc) is 2.84. The first kappa shape index (κ1) is 13.9. The van der Waals surface area contributed by atoms with Gasteiger partial charge in [-0.05, 0) is 43.2 Å². The minimum atomic E-state index is -3.56. The summed E-state index contributed by atoms with van der Waals surface area (Å²) >= 11 is 0. The summed E-state index contributed by atoms with van der Waals surface area (Å²) in [5.41, 5.74) is 2.64. The Labute approximate surface area is 124 Å². The van der Waals surface area contributed by atoms with Gasteiger partial charge in [-0.15, -0.1) is 0 Å². The first-order chi connectivity index (χ1) is 10.1. The highest BCUT2D eigenvalue weighted by atomic mass is 32.2. The Morgan fingerprint density at radius 2 is 1.71 bits per heavy atom. The molecule has 1 heterocycles. The molecule has 21 heavy (non-hydrogen) atoms. The zero-order chi connectivity index (χ0) is 15.0. The van der Waals surface area contributed by atoms with Crippen LogP contribution in [-0.4, -0.2) is 12.4 Å². The lowest BCUT2D eigenvalue weighted by molar-refractivity contribution is 0.588. The van der Waals surface area contributed by atoms with Gasteiger partial charge in [0.25, 0.3) is 10.0 Å². The van der Waals surface area contributed by atoms with Crippen LogP contribution in [0.1, 0.15) is 18.2 Å². The van der Waals surface area contributed by atoms with Gasteiger partial charge in [0.05, 0.1) is 10.4 Å². The second kappa shape index (κ2) is 5.04. The Bertz CT molecular complexity index is 893. The van der Waals surface area contributed by atoms with E-state index in [1.165, 1.54) is 3.97 Å². The second-order valence-corrected chi connectivity index (χ2v) is 6.86. The molecule has 1 aromatic heterocycles. The first-order valence-corrected chi connectivity index (χ1v) is 8.40. The van der Waals surface area contributed by atoms with Gasteiger partial charge in [-0.1, -0.05) is 37.3 Å². The highest BCUT2D eigenvalue weighted by molar-refractivity contribution is 7.90. The molecular weight excluding hydrogens is 282 g/mol. The van der Waals surface area contributed by atoms with Crippen molar-refractivity contribution < 1.29 is 8.42 Å². The summed E-state index contributed by atoms with van der Waals surface area (Å²) in [5, 5.41) is 1.01.